The molecule has 0 spiro atoms. The van der Waals surface area contributed by atoms with Gasteiger partial charge in [-0.2, -0.15) is 0 Å². The molecule has 4 rings (SSSR count). The number of rotatable bonds is 4. The number of carbonyl (C=O) groups excluding carboxylic acids is 2. The molecule has 2 aliphatic rings. The van der Waals surface area contributed by atoms with Crippen molar-refractivity contribution in [3.63, 3.8) is 0 Å². The van der Waals surface area contributed by atoms with Gasteiger partial charge in [-0.1, -0.05) is 41.4 Å². The highest BCUT2D eigenvalue weighted by Gasteiger charge is 2.46. The van der Waals surface area contributed by atoms with E-state index in [1.165, 1.54) is 20.9 Å². The molecule has 0 aromatic heterocycles. The van der Waals surface area contributed by atoms with Crippen molar-refractivity contribution in [3.05, 3.63) is 64.7 Å². The lowest BCUT2D eigenvalue weighted by Crippen LogP contribution is -3.29. The minimum atomic E-state index is -0.260. The summed E-state index contributed by atoms with van der Waals surface area (Å²) in [6.07, 6.45) is 0.296. The van der Waals surface area contributed by atoms with Crippen LogP contribution in [0.2, 0.25) is 5.02 Å². The first-order valence-corrected chi connectivity index (χ1v) is 10.2. The van der Waals surface area contributed by atoms with Gasteiger partial charge in [-0.05, 0) is 31.2 Å². The molecule has 146 valence electrons. The number of quaternary nitrogens is 2. The van der Waals surface area contributed by atoms with Crippen molar-refractivity contribution < 1.29 is 19.4 Å². The summed E-state index contributed by atoms with van der Waals surface area (Å²) in [6.45, 7) is 7.00. The van der Waals surface area contributed by atoms with Gasteiger partial charge in [-0.3, -0.25) is 9.59 Å². The number of amides is 2. The van der Waals surface area contributed by atoms with Crippen molar-refractivity contribution in [1.29, 1.82) is 0 Å². The molecule has 2 fully saturated rings. The lowest BCUT2D eigenvalue weighted by Gasteiger charge is -2.32. The largest absolute Gasteiger partial charge is 0.322 e. The van der Waals surface area contributed by atoms with Crippen molar-refractivity contribution in [2.24, 2.45) is 0 Å². The first kappa shape index (κ1) is 19.1. The minimum Gasteiger partial charge on any atom is -0.322 e. The Morgan fingerprint density at radius 1 is 1.04 bits per heavy atom. The summed E-state index contributed by atoms with van der Waals surface area (Å²) in [5.74, 6) is -0.191. The predicted octanol–water partition coefficient (Wildman–Crippen LogP) is 0.264. The Kier molecular flexibility index (Phi) is 5.49. The van der Waals surface area contributed by atoms with Gasteiger partial charge in [0, 0.05) is 10.6 Å². The highest BCUT2D eigenvalue weighted by Crippen LogP contribution is 2.23. The normalized spacial score (nSPS) is 25.4. The van der Waals surface area contributed by atoms with E-state index in [0.717, 1.165) is 32.7 Å². The van der Waals surface area contributed by atoms with Crippen molar-refractivity contribution in [2.75, 3.05) is 31.1 Å². The number of halogens is 1. The first-order chi connectivity index (χ1) is 13.5. The van der Waals surface area contributed by atoms with Crippen molar-refractivity contribution in [2.45, 2.75) is 25.9 Å². The molecule has 0 saturated carbocycles. The molecule has 2 heterocycles. The van der Waals surface area contributed by atoms with Crippen LogP contribution in [0.1, 0.15) is 17.5 Å². The molecule has 5 nitrogen and oxygen atoms in total. The van der Waals surface area contributed by atoms with E-state index in [9.17, 15) is 9.59 Å². The Hall–Kier alpha value is -2.21. The van der Waals surface area contributed by atoms with Crippen LogP contribution < -0.4 is 14.7 Å². The summed E-state index contributed by atoms with van der Waals surface area (Å²) in [6, 6.07) is 15.3. The summed E-state index contributed by atoms with van der Waals surface area (Å²) in [4.78, 5) is 29.6. The second-order valence-electron chi connectivity index (χ2n) is 7.87. The van der Waals surface area contributed by atoms with Crippen LogP contribution in [0, 0.1) is 6.92 Å². The summed E-state index contributed by atoms with van der Waals surface area (Å²) in [7, 11) is 0. The fourth-order valence-corrected chi connectivity index (χ4v) is 4.50. The van der Waals surface area contributed by atoms with Gasteiger partial charge in [-0.25, -0.2) is 4.90 Å². The Morgan fingerprint density at radius 2 is 1.75 bits per heavy atom. The molecule has 2 N–H and O–H groups in total. The third-order valence-corrected chi connectivity index (χ3v) is 6.11. The van der Waals surface area contributed by atoms with Crippen LogP contribution in [0.25, 0.3) is 0 Å². The highest BCUT2D eigenvalue weighted by atomic mass is 35.5. The van der Waals surface area contributed by atoms with Gasteiger partial charge in [0.05, 0.1) is 12.1 Å². The summed E-state index contributed by atoms with van der Waals surface area (Å²) in [5, 5.41) is 0.595. The molecule has 2 amide bonds. The number of imide groups is 1. The number of aryl methyl sites for hydroxylation is 1. The van der Waals surface area contributed by atoms with E-state index in [1.807, 2.05) is 0 Å². The third kappa shape index (κ3) is 3.97. The molecule has 2 saturated heterocycles. The molecule has 0 bridgehead atoms. The van der Waals surface area contributed by atoms with Gasteiger partial charge >= 0.3 is 0 Å². The number of piperazine rings is 1. The molecule has 28 heavy (non-hydrogen) atoms. The SMILES string of the molecule is Cc1cccc(C[NH+]2CC[NH+]([C@H]3CC(=O)N(c4ccc(Cl)cc4)C3=O)CC2)c1. The Bertz CT molecular complexity index is 876. The minimum absolute atomic E-state index is 0.0792. The zero-order valence-corrected chi connectivity index (χ0v) is 16.8. The number of hydrogen-bond donors (Lipinski definition) is 2. The maximum atomic E-state index is 13.0. The van der Waals surface area contributed by atoms with Crippen molar-refractivity contribution in [3.8, 4) is 0 Å². The number of nitrogens with one attached hydrogen (secondary N) is 2. The highest BCUT2D eigenvalue weighted by molar-refractivity contribution is 6.30. The number of benzene rings is 2. The molecular weight excluding hydrogens is 374 g/mol. The second kappa shape index (κ2) is 8.03. The van der Waals surface area contributed by atoms with Crippen LogP contribution in [-0.2, 0) is 16.1 Å². The molecule has 2 aromatic carbocycles. The number of carbonyl (C=O) groups is 2. The van der Waals surface area contributed by atoms with Crippen LogP contribution in [0.3, 0.4) is 0 Å². The summed E-state index contributed by atoms with van der Waals surface area (Å²) >= 11 is 5.93. The quantitative estimate of drug-likeness (QED) is 0.725. The third-order valence-electron chi connectivity index (χ3n) is 5.86. The molecule has 0 aliphatic carbocycles. The topological polar surface area (TPSA) is 46.3 Å². The number of nitrogens with zero attached hydrogens (tertiary/aromatic N) is 1. The molecule has 6 heteroatoms. The molecule has 2 aromatic rings. The summed E-state index contributed by atoms with van der Waals surface area (Å²) in [5.41, 5.74) is 3.27. The molecular formula is C22H26ClN3O2+2. The molecule has 0 radical (unpaired) electrons. The van der Waals surface area contributed by atoms with Crippen LogP contribution in [-0.4, -0.2) is 44.0 Å². The van der Waals surface area contributed by atoms with Gasteiger partial charge in [0.15, 0.2) is 6.04 Å². The van der Waals surface area contributed by atoms with E-state index in [1.54, 1.807) is 29.2 Å². The van der Waals surface area contributed by atoms with E-state index in [-0.39, 0.29) is 17.9 Å². The fourth-order valence-electron chi connectivity index (χ4n) is 4.37. The Morgan fingerprint density at radius 3 is 2.43 bits per heavy atom. The second-order valence-corrected chi connectivity index (χ2v) is 8.31. The molecule has 1 atom stereocenters. The van der Waals surface area contributed by atoms with E-state index in [2.05, 4.69) is 31.2 Å². The molecule has 2 aliphatic heterocycles. The maximum Gasteiger partial charge on any atom is 0.292 e. The lowest BCUT2D eigenvalue weighted by atomic mass is 10.1. The Balaban J connectivity index is 1.37. The number of hydrogen-bond acceptors (Lipinski definition) is 2. The van der Waals surface area contributed by atoms with Crippen LogP contribution in [0.4, 0.5) is 5.69 Å². The maximum absolute atomic E-state index is 13.0. The van der Waals surface area contributed by atoms with Gasteiger partial charge in [-0.15, -0.1) is 0 Å². The van der Waals surface area contributed by atoms with Crippen molar-refractivity contribution in [1.82, 2.24) is 0 Å². The fraction of sp³-hybridized carbons (Fsp3) is 0.364. The van der Waals surface area contributed by atoms with Gasteiger partial charge < -0.3 is 9.80 Å². The zero-order chi connectivity index (χ0) is 19.7. The standard InChI is InChI=1S/C22H24ClN3O2/c1-16-3-2-4-17(13-16)15-24-9-11-25(12-10-24)20-14-21(27)26(22(20)28)19-7-5-18(23)6-8-19/h2-8,13,20H,9-12,14-15H2,1H3/p+2/t20-/m0/s1. The summed E-state index contributed by atoms with van der Waals surface area (Å²) < 4.78 is 0. The van der Waals surface area contributed by atoms with Crippen LogP contribution >= 0.6 is 11.6 Å². The van der Waals surface area contributed by atoms with E-state index in [0.29, 0.717) is 17.1 Å². The average molecular weight is 400 g/mol. The van der Waals surface area contributed by atoms with Gasteiger partial charge in [0.2, 0.25) is 5.91 Å². The van der Waals surface area contributed by atoms with Gasteiger partial charge in [0.25, 0.3) is 5.91 Å². The molecule has 0 unspecified atom stereocenters. The van der Waals surface area contributed by atoms with E-state index >= 15 is 0 Å². The monoisotopic (exact) mass is 399 g/mol. The predicted molar refractivity (Wildman–Crippen MR) is 109 cm³/mol. The zero-order valence-electron chi connectivity index (χ0n) is 16.1. The van der Waals surface area contributed by atoms with Gasteiger partial charge in [0.1, 0.15) is 32.7 Å². The number of anilines is 1. The lowest BCUT2D eigenvalue weighted by molar-refractivity contribution is -1.02. The van der Waals surface area contributed by atoms with Crippen LogP contribution in [0.15, 0.2) is 48.5 Å². The average Bonchev–Trinajstić information content (AvgIpc) is 2.98. The Labute approximate surface area is 170 Å². The smallest absolute Gasteiger partial charge is 0.292 e. The van der Waals surface area contributed by atoms with Crippen LogP contribution in [0.5, 0.6) is 0 Å². The van der Waals surface area contributed by atoms with E-state index in [4.69, 9.17) is 11.6 Å². The first-order valence-electron chi connectivity index (χ1n) is 9.87. The van der Waals surface area contributed by atoms with Crippen molar-refractivity contribution >= 4 is 29.1 Å². The van der Waals surface area contributed by atoms with E-state index < -0.39 is 0 Å².